The Morgan fingerprint density at radius 2 is 1.57 bits per heavy atom. The Morgan fingerprint density at radius 3 is 2.28 bits per heavy atom. The number of halogens is 3. The van der Waals surface area contributed by atoms with Gasteiger partial charge in [-0.25, -0.2) is 4.79 Å². The second-order valence-electron chi connectivity index (χ2n) is 20.2. The highest BCUT2D eigenvalue weighted by atomic mass is 19.4. The zero-order valence-corrected chi connectivity index (χ0v) is 40.2. The molecule has 3 amide bonds. The average Bonchev–Trinajstić information content (AvgIpc) is 4.03. The second kappa shape index (κ2) is 19.4. The summed E-state index contributed by atoms with van der Waals surface area (Å²) in [5.41, 5.74) is 4.72. The Kier molecular flexibility index (Phi) is 12.8. The number of imide groups is 1. The van der Waals surface area contributed by atoms with E-state index in [1.165, 1.54) is 22.4 Å². The minimum atomic E-state index is -4.67. The van der Waals surface area contributed by atoms with E-state index in [0.29, 0.717) is 88.2 Å². The molecule has 11 rings (SSSR count). The molecule has 1 N–H and O–H groups in total. The van der Waals surface area contributed by atoms with Crippen molar-refractivity contribution in [1.82, 2.24) is 43.7 Å². The van der Waals surface area contributed by atoms with Gasteiger partial charge in [0.1, 0.15) is 18.2 Å². The first-order chi connectivity index (χ1) is 34.8. The van der Waals surface area contributed by atoms with E-state index in [0.717, 1.165) is 78.2 Å². The molecule has 1 atom stereocenters. The monoisotopic (exact) mass is 986 g/mol. The normalized spacial score (nSPS) is 20.1. The number of rotatable bonds is 14. The third kappa shape index (κ3) is 9.57. The molecule has 4 fully saturated rings. The van der Waals surface area contributed by atoms with Gasteiger partial charge in [0.15, 0.2) is 0 Å². The van der Waals surface area contributed by atoms with Gasteiger partial charge in [0.05, 0.1) is 36.6 Å². The number of alkyl halides is 3. The fraction of sp³-hybridized carbons (Fsp3) is 0.434. The number of piperazine rings is 1. The van der Waals surface area contributed by atoms with E-state index >= 15 is 0 Å². The van der Waals surface area contributed by atoms with Gasteiger partial charge < -0.3 is 23.8 Å². The molecule has 5 aliphatic rings. The summed E-state index contributed by atoms with van der Waals surface area (Å²) >= 11 is 0. The number of aromatic nitrogens is 5. The highest BCUT2D eigenvalue weighted by Crippen LogP contribution is 2.38. The maximum absolute atomic E-state index is 14.7. The molecule has 19 heteroatoms. The number of pyridine rings is 1. The van der Waals surface area contributed by atoms with Crippen LogP contribution in [0.25, 0.3) is 11.2 Å². The van der Waals surface area contributed by atoms with Crippen LogP contribution in [0.2, 0.25) is 0 Å². The number of ether oxygens (including phenoxy) is 2. The lowest BCUT2D eigenvalue weighted by Crippen LogP contribution is -2.52. The van der Waals surface area contributed by atoms with Crippen LogP contribution in [0.3, 0.4) is 0 Å². The molecule has 3 aromatic heterocycles. The fourth-order valence-electron chi connectivity index (χ4n) is 11.1. The van der Waals surface area contributed by atoms with Crippen LogP contribution in [0.4, 0.5) is 18.9 Å². The molecule has 0 radical (unpaired) electrons. The smallest absolute Gasteiger partial charge is 0.379 e. The van der Waals surface area contributed by atoms with Crippen LogP contribution in [0.1, 0.15) is 75.2 Å². The Labute approximate surface area is 413 Å². The highest BCUT2D eigenvalue weighted by Gasteiger charge is 2.43. The number of nitrogens with one attached hydrogen (secondary N) is 1. The number of fused-ring (bicyclic) bond motifs is 2. The van der Waals surface area contributed by atoms with Crippen molar-refractivity contribution < 1.29 is 37.0 Å². The van der Waals surface area contributed by atoms with Gasteiger partial charge in [0.25, 0.3) is 5.91 Å². The zero-order chi connectivity index (χ0) is 49.7. The van der Waals surface area contributed by atoms with Gasteiger partial charge in [-0.3, -0.25) is 38.5 Å². The Morgan fingerprint density at radius 1 is 0.819 bits per heavy atom. The summed E-state index contributed by atoms with van der Waals surface area (Å²) in [6, 6.07) is 22.4. The number of hydrogen-bond acceptors (Lipinski definition) is 11. The molecule has 6 aromatic rings. The summed E-state index contributed by atoms with van der Waals surface area (Å²) < 4.78 is 60.1. The number of piperidine rings is 2. The van der Waals surface area contributed by atoms with Crippen LogP contribution in [-0.4, -0.2) is 121 Å². The lowest BCUT2D eigenvalue weighted by atomic mass is 9.75. The van der Waals surface area contributed by atoms with Crippen LogP contribution in [-0.2, 0) is 70.4 Å². The largest absolute Gasteiger partial charge is 0.418 e. The van der Waals surface area contributed by atoms with E-state index in [2.05, 4.69) is 60.5 Å². The molecule has 5 aliphatic heterocycles. The molecular weight excluding hydrogens is 930 g/mol. The van der Waals surface area contributed by atoms with Gasteiger partial charge in [0.2, 0.25) is 11.8 Å². The standard InChI is InChI=1S/C53H57F3N10O6/c1-60-34-57-59-47(60)24-52(32-72-33-52)40-3-2-4-42(23-40)64-29-46-44(53(54,55)56)21-38(27-66(46)51(64)70)26-61-15-13-37(14-16-61)31-71-30-36-7-5-35(6-8-36)25-62-17-19-63(20-18-62)41-9-10-43-39(22-41)28-65(50(43)69)45-11-12-48(67)58-49(45)68/h2-10,21-23,27,29,34,37,45H,11-20,24-26,28,30-33H2,1H3,(H,58,67,68)/t45-/m0/s1. The molecule has 0 bridgehead atoms. The SMILES string of the molecule is Cn1cnnc1CC1(c2cccc(-n3cc4c(C(F)(F)F)cc(CN5CCC(COCc6ccc(CN7CCN(c8ccc9c(c8)CN([C@H]8CCC(=O)NC8=O)C9=O)CC7)cc6)CC5)cn4c3=O)c2)COC1. The van der Waals surface area contributed by atoms with Gasteiger partial charge in [0, 0.05) is 101 Å². The number of nitrogens with zero attached hydrogens (tertiary/aromatic N) is 9. The molecule has 0 unspecified atom stereocenters. The van der Waals surface area contributed by atoms with Crippen molar-refractivity contribution in [3.63, 3.8) is 0 Å². The molecule has 0 aliphatic carbocycles. The van der Waals surface area contributed by atoms with E-state index in [-0.39, 0.29) is 23.8 Å². The molecule has 0 saturated carbocycles. The third-order valence-electron chi connectivity index (χ3n) is 15.3. The predicted octanol–water partition coefficient (Wildman–Crippen LogP) is 5.26. The number of likely N-dealkylation sites (tertiary alicyclic amines) is 1. The van der Waals surface area contributed by atoms with Gasteiger partial charge in [-0.2, -0.15) is 13.2 Å². The molecule has 72 heavy (non-hydrogen) atoms. The molecule has 0 spiro atoms. The molecule has 4 saturated heterocycles. The average molecular weight is 987 g/mol. The molecular formula is C53H57F3N10O6. The van der Waals surface area contributed by atoms with E-state index in [9.17, 15) is 32.3 Å². The number of imidazole rings is 1. The molecule has 376 valence electrons. The number of amides is 3. The second-order valence-corrected chi connectivity index (χ2v) is 20.2. The first-order valence-corrected chi connectivity index (χ1v) is 24.8. The summed E-state index contributed by atoms with van der Waals surface area (Å²) in [6.07, 6.45) is 2.65. The lowest BCUT2D eigenvalue weighted by Gasteiger charge is -2.41. The van der Waals surface area contributed by atoms with Crippen molar-refractivity contribution in [3.05, 3.63) is 147 Å². The van der Waals surface area contributed by atoms with Crippen molar-refractivity contribution in [2.24, 2.45) is 13.0 Å². The quantitative estimate of drug-likeness (QED) is 0.143. The molecule has 16 nitrogen and oxygen atoms in total. The maximum atomic E-state index is 14.7. The predicted molar refractivity (Wildman–Crippen MR) is 259 cm³/mol. The van der Waals surface area contributed by atoms with E-state index in [1.807, 2.05) is 41.9 Å². The van der Waals surface area contributed by atoms with Crippen LogP contribution in [0.15, 0.2) is 96.3 Å². The minimum Gasteiger partial charge on any atom is -0.379 e. The zero-order valence-electron chi connectivity index (χ0n) is 40.2. The fourth-order valence-corrected chi connectivity index (χ4v) is 11.1. The number of carbonyl (C=O) groups excluding carboxylic acids is 3. The highest BCUT2D eigenvalue weighted by molar-refractivity contribution is 6.05. The maximum Gasteiger partial charge on any atom is 0.418 e. The summed E-state index contributed by atoms with van der Waals surface area (Å²) in [6.45, 7) is 8.36. The third-order valence-corrected chi connectivity index (χ3v) is 15.3. The van der Waals surface area contributed by atoms with Crippen molar-refractivity contribution in [1.29, 1.82) is 0 Å². The topological polar surface area (TPSA) is 152 Å². The Hall–Kier alpha value is -6.67. The van der Waals surface area contributed by atoms with Gasteiger partial charge in [-0.15, -0.1) is 10.2 Å². The molecule has 3 aromatic carbocycles. The van der Waals surface area contributed by atoms with Crippen LogP contribution in [0.5, 0.6) is 0 Å². The van der Waals surface area contributed by atoms with Crippen molar-refractivity contribution in [3.8, 4) is 5.69 Å². The summed E-state index contributed by atoms with van der Waals surface area (Å²) in [5.74, 6) is 0.252. The number of anilines is 1. The number of hydrogen-bond donors (Lipinski definition) is 1. The van der Waals surface area contributed by atoms with E-state index in [1.54, 1.807) is 23.5 Å². The van der Waals surface area contributed by atoms with Gasteiger partial charge in [-0.1, -0.05) is 36.4 Å². The summed E-state index contributed by atoms with van der Waals surface area (Å²) in [7, 11) is 1.87. The van der Waals surface area contributed by atoms with Crippen molar-refractivity contribution in [2.45, 2.75) is 76.0 Å². The van der Waals surface area contributed by atoms with Crippen LogP contribution in [0, 0.1) is 5.92 Å². The van der Waals surface area contributed by atoms with E-state index in [4.69, 9.17) is 9.47 Å². The summed E-state index contributed by atoms with van der Waals surface area (Å²) in [4.78, 5) is 59.7. The Balaban J connectivity index is 0.643. The van der Waals surface area contributed by atoms with Crippen molar-refractivity contribution >= 4 is 28.9 Å². The minimum absolute atomic E-state index is 0.164. The number of aryl methyl sites for hydroxylation is 1. The Bertz CT molecular complexity index is 3070. The first kappa shape index (κ1) is 47.6. The lowest BCUT2D eigenvalue weighted by molar-refractivity contribution is -0.137. The number of carbonyl (C=O) groups is 3. The van der Waals surface area contributed by atoms with Gasteiger partial charge in [-0.05, 0) is 102 Å². The molecule has 8 heterocycles. The van der Waals surface area contributed by atoms with Crippen LogP contribution < -0.4 is 15.9 Å². The van der Waals surface area contributed by atoms with Gasteiger partial charge >= 0.3 is 11.9 Å². The van der Waals surface area contributed by atoms with Crippen molar-refractivity contribution in [2.75, 3.05) is 64.0 Å². The van der Waals surface area contributed by atoms with E-state index < -0.39 is 34.8 Å². The first-order valence-electron chi connectivity index (χ1n) is 24.8. The van der Waals surface area contributed by atoms with Crippen LogP contribution >= 0.6 is 0 Å². The summed E-state index contributed by atoms with van der Waals surface area (Å²) in [5, 5.41) is 10.6. The number of benzene rings is 3.